The molecule has 1 saturated carbocycles. The Balaban J connectivity index is 1.64. The molecule has 0 aromatic carbocycles. The minimum absolute atomic E-state index is 0.611. The molecule has 2 unspecified atom stereocenters. The molecular formula is C15H28N2. The van der Waals surface area contributed by atoms with E-state index in [1.807, 2.05) is 0 Å². The highest BCUT2D eigenvalue weighted by Crippen LogP contribution is 2.39. The fourth-order valence-corrected chi connectivity index (χ4v) is 4.27. The third-order valence-corrected chi connectivity index (χ3v) is 5.50. The van der Waals surface area contributed by atoms with Gasteiger partial charge in [-0.25, -0.2) is 0 Å². The van der Waals surface area contributed by atoms with E-state index in [1.54, 1.807) is 0 Å². The molecule has 0 bridgehead atoms. The molecule has 0 aromatic heterocycles. The van der Waals surface area contributed by atoms with Gasteiger partial charge in [0.25, 0.3) is 0 Å². The van der Waals surface area contributed by atoms with Crippen LogP contribution in [0.3, 0.4) is 0 Å². The molecule has 98 valence electrons. The fourth-order valence-electron chi connectivity index (χ4n) is 4.27. The summed E-state index contributed by atoms with van der Waals surface area (Å²) in [6.07, 6.45) is 8.64. The third kappa shape index (κ3) is 2.39. The Kier molecular flexibility index (Phi) is 3.20. The Labute approximate surface area is 106 Å². The van der Waals surface area contributed by atoms with Gasteiger partial charge in [-0.3, -0.25) is 4.90 Å². The number of hydrogen-bond donors (Lipinski definition) is 1. The van der Waals surface area contributed by atoms with Gasteiger partial charge in [0.05, 0.1) is 0 Å². The third-order valence-electron chi connectivity index (χ3n) is 5.50. The van der Waals surface area contributed by atoms with Gasteiger partial charge in [0.15, 0.2) is 0 Å². The first kappa shape index (κ1) is 12.0. The van der Waals surface area contributed by atoms with Crippen LogP contribution in [0, 0.1) is 11.3 Å². The van der Waals surface area contributed by atoms with Crippen LogP contribution in [0.2, 0.25) is 0 Å². The average Bonchev–Trinajstić information content (AvgIpc) is 2.77. The van der Waals surface area contributed by atoms with Crippen molar-refractivity contribution in [3.63, 3.8) is 0 Å². The van der Waals surface area contributed by atoms with Gasteiger partial charge in [-0.1, -0.05) is 13.8 Å². The topological polar surface area (TPSA) is 15.3 Å². The van der Waals surface area contributed by atoms with Crippen molar-refractivity contribution < 1.29 is 0 Å². The van der Waals surface area contributed by atoms with Crippen LogP contribution in [-0.2, 0) is 0 Å². The Morgan fingerprint density at radius 3 is 2.59 bits per heavy atom. The predicted molar refractivity (Wildman–Crippen MR) is 72.1 cm³/mol. The van der Waals surface area contributed by atoms with E-state index in [0.29, 0.717) is 5.41 Å². The lowest BCUT2D eigenvalue weighted by molar-refractivity contribution is 0.0372. The molecule has 2 atom stereocenters. The first-order valence-corrected chi connectivity index (χ1v) is 7.62. The second-order valence-electron chi connectivity index (χ2n) is 7.26. The SMILES string of the molecule is CC1(C)CCC(N2CCCC3CNCC32)CC1. The molecule has 2 heteroatoms. The van der Waals surface area contributed by atoms with Crippen LogP contribution in [0.1, 0.15) is 52.4 Å². The van der Waals surface area contributed by atoms with Crippen molar-refractivity contribution in [2.75, 3.05) is 19.6 Å². The van der Waals surface area contributed by atoms with Crippen LogP contribution < -0.4 is 5.32 Å². The summed E-state index contributed by atoms with van der Waals surface area (Å²) in [5.74, 6) is 0.957. The highest BCUT2D eigenvalue weighted by molar-refractivity contribution is 4.96. The summed E-state index contributed by atoms with van der Waals surface area (Å²) in [4.78, 5) is 2.88. The molecule has 3 rings (SSSR count). The molecular weight excluding hydrogens is 208 g/mol. The number of hydrogen-bond acceptors (Lipinski definition) is 2. The van der Waals surface area contributed by atoms with Crippen molar-refractivity contribution in [2.24, 2.45) is 11.3 Å². The van der Waals surface area contributed by atoms with Gasteiger partial charge < -0.3 is 5.32 Å². The van der Waals surface area contributed by atoms with E-state index in [0.717, 1.165) is 18.0 Å². The lowest BCUT2D eigenvalue weighted by Gasteiger charge is -2.46. The van der Waals surface area contributed by atoms with Gasteiger partial charge in [0, 0.05) is 18.6 Å². The maximum absolute atomic E-state index is 3.61. The minimum Gasteiger partial charge on any atom is -0.315 e. The zero-order valence-corrected chi connectivity index (χ0v) is 11.5. The summed E-state index contributed by atoms with van der Waals surface area (Å²) in [6.45, 7) is 8.79. The monoisotopic (exact) mass is 236 g/mol. The number of nitrogens with one attached hydrogen (secondary N) is 1. The largest absolute Gasteiger partial charge is 0.315 e. The van der Waals surface area contributed by atoms with Crippen molar-refractivity contribution in [3.8, 4) is 0 Å². The second-order valence-corrected chi connectivity index (χ2v) is 7.26. The number of likely N-dealkylation sites (tertiary alicyclic amines) is 1. The molecule has 3 fully saturated rings. The number of piperidine rings is 1. The van der Waals surface area contributed by atoms with Crippen molar-refractivity contribution >= 4 is 0 Å². The molecule has 0 amide bonds. The van der Waals surface area contributed by atoms with Crippen molar-refractivity contribution in [1.82, 2.24) is 10.2 Å². The first-order chi connectivity index (χ1) is 8.16. The average molecular weight is 236 g/mol. The Bertz CT molecular complexity index is 264. The fraction of sp³-hybridized carbons (Fsp3) is 1.00. The zero-order chi connectivity index (χ0) is 11.9. The van der Waals surface area contributed by atoms with Crippen molar-refractivity contribution in [1.29, 1.82) is 0 Å². The zero-order valence-electron chi connectivity index (χ0n) is 11.5. The van der Waals surface area contributed by atoms with Crippen LogP contribution in [0.5, 0.6) is 0 Å². The Morgan fingerprint density at radius 2 is 1.82 bits per heavy atom. The Hall–Kier alpha value is -0.0800. The van der Waals surface area contributed by atoms with Crippen molar-refractivity contribution in [3.05, 3.63) is 0 Å². The summed E-state index contributed by atoms with van der Waals surface area (Å²) in [6, 6.07) is 1.77. The van der Waals surface area contributed by atoms with Crippen LogP contribution in [0.25, 0.3) is 0 Å². The summed E-state index contributed by atoms with van der Waals surface area (Å²) in [5.41, 5.74) is 0.611. The van der Waals surface area contributed by atoms with Crippen LogP contribution in [-0.4, -0.2) is 36.6 Å². The molecule has 2 saturated heterocycles. The molecule has 0 radical (unpaired) electrons. The maximum Gasteiger partial charge on any atom is 0.0263 e. The smallest absolute Gasteiger partial charge is 0.0263 e. The van der Waals surface area contributed by atoms with Gasteiger partial charge in [0.2, 0.25) is 0 Å². The Morgan fingerprint density at radius 1 is 1.06 bits per heavy atom. The first-order valence-electron chi connectivity index (χ1n) is 7.62. The summed E-state index contributed by atoms with van der Waals surface area (Å²) in [5, 5.41) is 3.61. The van der Waals surface area contributed by atoms with E-state index in [-0.39, 0.29) is 0 Å². The number of nitrogens with zero attached hydrogens (tertiary/aromatic N) is 1. The van der Waals surface area contributed by atoms with Gasteiger partial charge in [-0.05, 0) is 62.9 Å². The molecule has 17 heavy (non-hydrogen) atoms. The van der Waals surface area contributed by atoms with Gasteiger partial charge in [-0.2, -0.15) is 0 Å². The predicted octanol–water partition coefficient (Wildman–Crippen LogP) is 2.64. The number of fused-ring (bicyclic) bond motifs is 1. The van der Waals surface area contributed by atoms with E-state index < -0.39 is 0 Å². The van der Waals surface area contributed by atoms with Crippen LogP contribution in [0.15, 0.2) is 0 Å². The van der Waals surface area contributed by atoms with E-state index in [4.69, 9.17) is 0 Å². The molecule has 2 nitrogen and oxygen atoms in total. The maximum atomic E-state index is 3.61. The standard InChI is InChI=1S/C15H28N2/c1-15(2)7-5-13(6-8-15)17-9-3-4-12-10-16-11-14(12)17/h12-14,16H,3-11H2,1-2H3. The highest BCUT2D eigenvalue weighted by Gasteiger charge is 2.39. The van der Waals surface area contributed by atoms with E-state index in [9.17, 15) is 0 Å². The molecule has 0 aromatic rings. The summed E-state index contributed by atoms with van der Waals surface area (Å²) < 4.78 is 0. The molecule has 1 N–H and O–H groups in total. The second kappa shape index (κ2) is 4.55. The van der Waals surface area contributed by atoms with Gasteiger partial charge in [0.1, 0.15) is 0 Å². The van der Waals surface area contributed by atoms with E-state index >= 15 is 0 Å². The normalized spacial score (nSPS) is 39.2. The molecule has 0 spiro atoms. The summed E-state index contributed by atoms with van der Waals surface area (Å²) in [7, 11) is 0. The van der Waals surface area contributed by atoms with Crippen molar-refractivity contribution in [2.45, 2.75) is 64.5 Å². The number of rotatable bonds is 1. The highest BCUT2D eigenvalue weighted by atomic mass is 15.2. The van der Waals surface area contributed by atoms with E-state index in [1.165, 1.54) is 58.2 Å². The molecule has 2 heterocycles. The molecule has 1 aliphatic carbocycles. The molecule has 3 aliphatic rings. The lowest BCUT2D eigenvalue weighted by atomic mass is 9.74. The quantitative estimate of drug-likeness (QED) is 0.753. The van der Waals surface area contributed by atoms with Crippen LogP contribution in [0.4, 0.5) is 0 Å². The molecule has 2 aliphatic heterocycles. The lowest BCUT2D eigenvalue weighted by Crippen LogP contribution is -2.51. The van der Waals surface area contributed by atoms with E-state index in [2.05, 4.69) is 24.1 Å². The summed E-state index contributed by atoms with van der Waals surface area (Å²) >= 11 is 0. The minimum atomic E-state index is 0.611. The van der Waals surface area contributed by atoms with Gasteiger partial charge >= 0.3 is 0 Å². The van der Waals surface area contributed by atoms with Crippen LogP contribution >= 0.6 is 0 Å². The van der Waals surface area contributed by atoms with Gasteiger partial charge in [-0.15, -0.1) is 0 Å².